The number of carbonyl (C=O) groups is 1. The van der Waals surface area contributed by atoms with Crippen molar-refractivity contribution in [2.24, 2.45) is 5.73 Å². The summed E-state index contributed by atoms with van der Waals surface area (Å²) in [7, 11) is 0. The number of nitrogens with two attached hydrogens (primary N) is 1. The van der Waals surface area contributed by atoms with Crippen LogP contribution in [0.15, 0.2) is 24.3 Å². The van der Waals surface area contributed by atoms with Crippen molar-refractivity contribution in [1.29, 1.82) is 0 Å². The lowest BCUT2D eigenvalue weighted by atomic mass is 10.1. The van der Waals surface area contributed by atoms with Crippen LogP contribution in [0.4, 0.5) is 0 Å². The molecule has 122 valence electrons. The van der Waals surface area contributed by atoms with Gasteiger partial charge in [-0.3, -0.25) is 4.79 Å². The summed E-state index contributed by atoms with van der Waals surface area (Å²) in [6, 6.07) is 7.77. The number of nitrogens with one attached hydrogen (secondary N) is 1. The van der Waals surface area contributed by atoms with Crippen LogP contribution < -0.4 is 15.8 Å². The molecule has 0 spiro atoms. The molecule has 1 heterocycles. The van der Waals surface area contributed by atoms with E-state index in [2.05, 4.69) is 12.2 Å². The largest absolute Gasteiger partial charge is 0.494 e. The molecule has 1 unspecified atom stereocenters. The van der Waals surface area contributed by atoms with Crippen LogP contribution in [0.25, 0.3) is 0 Å². The Kier molecular flexibility index (Phi) is 6.21. The van der Waals surface area contributed by atoms with Crippen LogP contribution in [-0.4, -0.2) is 31.3 Å². The van der Waals surface area contributed by atoms with Gasteiger partial charge in [-0.25, -0.2) is 0 Å². The van der Waals surface area contributed by atoms with Crippen LogP contribution in [-0.2, 0) is 9.53 Å². The standard InChI is InChI=1S/C17H26N2O3/c1-3-10-21-14-6-4-13(5-7-14)12(2)19-17(20)16-9-8-15(11-18)22-16/h4-7,12,15-16H,3,8-11,18H2,1-2H3,(H,19,20)/t12?,15-,16+/m1/s1. The van der Waals surface area contributed by atoms with E-state index in [4.69, 9.17) is 15.2 Å². The monoisotopic (exact) mass is 306 g/mol. The van der Waals surface area contributed by atoms with Gasteiger partial charge in [-0.1, -0.05) is 19.1 Å². The zero-order valence-electron chi connectivity index (χ0n) is 13.4. The molecule has 0 radical (unpaired) electrons. The van der Waals surface area contributed by atoms with Gasteiger partial charge in [-0.15, -0.1) is 0 Å². The summed E-state index contributed by atoms with van der Waals surface area (Å²) >= 11 is 0. The first-order valence-corrected chi connectivity index (χ1v) is 8.02. The molecule has 3 atom stereocenters. The zero-order valence-corrected chi connectivity index (χ0v) is 13.4. The van der Waals surface area contributed by atoms with Crippen molar-refractivity contribution < 1.29 is 14.3 Å². The SMILES string of the molecule is CCCOc1ccc(C(C)NC(=O)[C@@H]2CC[C@H](CN)O2)cc1. The van der Waals surface area contributed by atoms with Gasteiger partial charge in [-0.05, 0) is 43.9 Å². The first-order chi connectivity index (χ1) is 10.6. The van der Waals surface area contributed by atoms with Crippen LogP contribution in [0, 0.1) is 0 Å². The molecule has 1 amide bonds. The van der Waals surface area contributed by atoms with E-state index in [-0.39, 0.29) is 24.2 Å². The number of rotatable bonds is 7. The fourth-order valence-electron chi connectivity index (χ4n) is 2.53. The smallest absolute Gasteiger partial charge is 0.249 e. The minimum absolute atomic E-state index is 0.0149. The third-order valence-electron chi connectivity index (χ3n) is 3.87. The molecule has 0 saturated carbocycles. The van der Waals surface area contributed by atoms with Gasteiger partial charge in [0, 0.05) is 6.54 Å². The van der Waals surface area contributed by atoms with Crippen LogP contribution in [0.5, 0.6) is 5.75 Å². The van der Waals surface area contributed by atoms with Gasteiger partial charge in [0.25, 0.3) is 0 Å². The minimum Gasteiger partial charge on any atom is -0.494 e. The van der Waals surface area contributed by atoms with Crippen molar-refractivity contribution in [3.63, 3.8) is 0 Å². The first kappa shape index (κ1) is 16.8. The van der Waals surface area contributed by atoms with Gasteiger partial charge in [0.05, 0.1) is 18.8 Å². The van der Waals surface area contributed by atoms with Gasteiger partial charge >= 0.3 is 0 Å². The summed E-state index contributed by atoms with van der Waals surface area (Å²) in [4.78, 5) is 12.2. The predicted octanol–water partition coefficient (Wildman–Crippen LogP) is 2.16. The molecule has 1 aromatic carbocycles. The number of carbonyl (C=O) groups excluding carboxylic acids is 1. The summed E-state index contributed by atoms with van der Waals surface area (Å²) in [6.45, 7) is 5.23. The molecule has 5 nitrogen and oxygen atoms in total. The Balaban J connectivity index is 1.86. The van der Waals surface area contributed by atoms with Crippen molar-refractivity contribution >= 4 is 5.91 Å². The lowest BCUT2D eigenvalue weighted by Crippen LogP contribution is -2.36. The molecule has 1 aliphatic heterocycles. The Labute approximate surface area is 132 Å². The Morgan fingerprint density at radius 3 is 2.73 bits per heavy atom. The molecule has 5 heteroatoms. The summed E-state index contributed by atoms with van der Waals surface area (Å²) in [5.41, 5.74) is 6.62. The van der Waals surface area contributed by atoms with Crippen LogP contribution in [0.3, 0.4) is 0 Å². The summed E-state index contributed by atoms with van der Waals surface area (Å²) < 4.78 is 11.2. The highest BCUT2D eigenvalue weighted by molar-refractivity contribution is 5.81. The molecular weight excluding hydrogens is 280 g/mol. The quantitative estimate of drug-likeness (QED) is 0.809. The Morgan fingerprint density at radius 2 is 2.14 bits per heavy atom. The number of hydrogen-bond donors (Lipinski definition) is 2. The highest BCUT2D eigenvalue weighted by Gasteiger charge is 2.30. The van der Waals surface area contributed by atoms with Crippen molar-refractivity contribution in [2.75, 3.05) is 13.2 Å². The molecule has 1 saturated heterocycles. The highest BCUT2D eigenvalue weighted by Crippen LogP contribution is 2.21. The average Bonchev–Trinajstić information content (AvgIpc) is 3.02. The molecule has 1 aromatic rings. The summed E-state index contributed by atoms with van der Waals surface area (Å²) in [5, 5.41) is 3.00. The maximum absolute atomic E-state index is 12.2. The Morgan fingerprint density at radius 1 is 1.41 bits per heavy atom. The second-order valence-corrected chi connectivity index (χ2v) is 5.71. The van der Waals surface area contributed by atoms with Crippen LogP contribution in [0.1, 0.15) is 44.7 Å². The lowest BCUT2D eigenvalue weighted by Gasteiger charge is -2.18. The molecule has 1 aliphatic rings. The normalized spacial score (nSPS) is 22.3. The number of ether oxygens (including phenoxy) is 2. The average molecular weight is 306 g/mol. The van der Waals surface area contributed by atoms with Gasteiger partial charge in [-0.2, -0.15) is 0 Å². The van der Waals surface area contributed by atoms with Gasteiger partial charge < -0.3 is 20.5 Å². The van der Waals surface area contributed by atoms with Crippen molar-refractivity contribution in [3.8, 4) is 5.75 Å². The van der Waals surface area contributed by atoms with Crippen LogP contribution in [0.2, 0.25) is 0 Å². The predicted molar refractivity (Wildman–Crippen MR) is 85.7 cm³/mol. The summed E-state index contributed by atoms with van der Waals surface area (Å²) in [5.74, 6) is 0.795. The van der Waals surface area contributed by atoms with Crippen molar-refractivity contribution in [1.82, 2.24) is 5.32 Å². The molecule has 0 aliphatic carbocycles. The number of benzene rings is 1. The Hall–Kier alpha value is -1.59. The van der Waals surface area contributed by atoms with E-state index < -0.39 is 0 Å². The molecule has 3 N–H and O–H groups in total. The summed E-state index contributed by atoms with van der Waals surface area (Å²) in [6.07, 6.45) is 2.22. The second-order valence-electron chi connectivity index (χ2n) is 5.71. The van der Waals surface area contributed by atoms with E-state index in [1.54, 1.807) is 0 Å². The van der Waals surface area contributed by atoms with E-state index >= 15 is 0 Å². The highest BCUT2D eigenvalue weighted by atomic mass is 16.5. The topological polar surface area (TPSA) is 73.6 Å². The molecule has 22 heavy (non-hydrogen) atoms. The fourth-order valence-corrected chi connectivity index (χ4v) is 2.53. The molecule has 0 aromatic heterocycles. The maximum atomic E-state index is 12.2. The van der Waals surface area contributed by atoms with Gasteiger partial charge in [0.15, 0.2) is 0 Å². The lowest BCUT2D eigenvalue weighted by molar-refractivity contribution is -0.132. The van der Waals surface area contributed by atoms with Gasteiger partial charge in [0.2, 0.25) is 5.91 Å². The van der Waals surface area contributed by atoms with E-state index in [1.807, 2.05) is 31.2 Å². The third-order valence-corrected chi connectivity index (χ3v) is 3.87. The molecular formula is C17H26N2O3. The number of hydrogen-bond acceptors (Lipinski definition) is 4. The molecule has 1 fully saturated rings. The van der Waals surface area contributed by atoms with Crippen LogP contribution >= 0.6 is 0 Å². The first-order valence-electron chi connectivity index (χ1n) is 8.02. The fraction of sp³-hybridized carbons (Fsp3) is 0.588. The second kappa shape index (κ2) is 8.15. The van der Waals surface area contributed by atoms with Gasteiger partial charge in [0.1, 0.15) is 11.9 Å². The minimum atomic E-state index is -0.372. The maximum Gasteiger partial charge on any atom is 0.249 e. The van der Waals surface area contributed by atoms with E-state index in [1.165, 1.54) is 0 Å². The molecule has 0 bridgehead atoms. The Bertz CT molecular complexity index is 475. The van der Waals surface area contributed by atoms with E-state index in [0.717, 1.165) is 30.6 Å². The van der Waals surface area contributed by atoms with E-state index in [9.17, 15) is 4.79 Å². The zero-order chi connectivity index (χ0) is 15.9. The van der Waals surface area contributed by atoms with Crippen molar-refractivity contribution in [3.05, 3.63) is 29.8 Å². The van der Waals surface area contributed by atoms with Crippen molar-refractivity contribution in [2.45, 2.75) is 51.4 Å². The molecule has 2 rings (SSSR count). The third kappa shape index (κ3) is 4.45. The number of amides is 1. The van der Waals surface area contributed by atoms with E-state index in [0.29, 0.717) is 13.2 Å².